The Kier molecular flexibility index (Phi) is 2.74. The molecule has 0 saturated heterocycles. The molecule has 6 nitrogen and oxygen atoms in total. The standard InChI is InChI=1S/C8H10N4O2S/c1-5(4-13)15-7-3-2-6-9-10-8(14)12(6)11-7/h2-3,5,13H,4H2,1H3,(H,10,14). The Morgan fingerprint density at radius 2 is 2.47 bits per heavy atom. The summed E-state index contributed by atoms with van der Waals surface area (Å²) in [6.07, 6.45) is 0. The van der Waals surface area contributed by atoms with E-state index in [2.05, 4.69) is 15.3 Å². The van der Waals surface area contributed by atoms with Crippen LogP contribution in [0.15, 0.2) is 22.0 Å². The minimum absolute atomic E-state index is 0.0533. The predicted octanol–water partition coefficient (Wildman–Crippen LogP) is -0.110. The summed E-state index contributed by atoms with van der Waals surface area (Å²) in [6.45, 7) is 1.96. The van der Waals surface area contributed by atoms with E-state index in [0.717, 1.165) is 0 Å². The van der Waals surface area contributed by atoms with Crippen LogP contribution in [0.5, 0.6) is 0 Å². The lowest BCUT2D eigenvalue weighted by Crippen LogP contribution is -2.13. The molecular formula is C8H10N4O2S. The fraction of sp³-hybridized carbons (Fsp3) is 0.375. The zero-order chi connectivity index (χ0) is 10.8. The van der Waals surface area contributed by atoms with E-state index < -0.39 is 0 Å². The van der Waals surface area contributed by atoms with E-state index in [-0.39, 0.29) is 17.5 Å². The quantitative estimate of drug-likeness (QED) is 0.713. The fourth-order valence-corrected chi connectivity index (χ4v) is 1.85. The second-order valence-corrected chi connectivity index (χ2v) is 4.54. The topological polar surface area (TPSA) is 83.3 Å². The third kappa shape index (κ3) is 2.02. The summed E-state index contributed by atoms with van der Waals surface area (Å²) in [5.74, 6) is 0. The summed E-state index contributed by atoms with van der Waals surface area (Å²) < 4.78 is 1.20. The zero-order valence-corrected chi connectivity index (χ0v) is 8.86. The van der Waals surface area contributed by atoms with Crippen LogP contribution in [0.2, 0.25) is 0 Å². The van der Waals surface area contributed by atoms with Crippen molar-refractivity contribution in [3.8, 4) is 0 Å². The molecule has 0 radical (unpaired) electrons. The Bertz CT molecular complexity index is 521. The summed E-state index contributed by atoms with van der Waals surface area (Å²) in [5.41, 5.74) is 0.130. The summed E-state index contributed by atoms with van der Waals surface area (Å²) in [7, 11) is 0. The van der Waals surface area contributed by atoms with Gasteiger partial charge in [-0.15, -0.1) is 0 Å². The molecule has 2 rings (SSSR count). The van der Waals surface area contributed by atoms with Crippen molar-refractivity contribution in [3.05, 3.63) is 22.6 Å². The largest absolute Gasteiger partial charge is 0.395 e. The Morgan fingerprint density at radius 1 is 1.67 bits per heavy atom. The molecule has 0 spiro atoms. The molecule has 0 saturated carbocycles. The van der Waals surface area contributed by atoms with Gasteiger partial charge in [0.2, 0.25) is 0 Å². The van der Waals surface area contributed by atoms with E-state index in [0.29, 0.717) is 10.7 Å². The monoisotopic (exact) mass is 226 g/mol. The molecule has 0 aliphatic rings. The van der Waals surface area contributed by atoms with Crippen LogP contribution >= 0.6 is 11.8 Å². The number of hydrogen-bond donors (Lipinski definition) is 2. The highest BCUT2D eigenvalue weighted by Crippen LogP contribution is 2.19. The van der Waals surface area contributed by atoms with E-state index in [1.54, 1.807) is 12.1 Å². The van der Waals surface area contributed by atoms with Crippen LogP contribution in [0.1, 0.15) is 6.92 Å². The van der Waals surface area contributed by atoms with Gasteiger partial charge in [0.05, 0.1) is 6.61 Å². The summed E-state index contributed by atoms with van der Waals surface area (Å²) in [5, 5.41) is 19.8. The van der Waals surface area contributed by atoms with Crippen LogP contribution in [0.3, 0.4) is 0 Å². The van der Waals surface area contributed by atoms with E-state index in [9.17, 15) is 4.79 Å². The number of thioether (sulfide) groups is 1. The SMILES string of the molecule is CC(CO)Sc1ccc2n[nH]c(=O)n2n1. The van der Waals surface area contributed by atoms with Crippen molar-refractivity contribution < 1.29 is 5.11 Å². The highest BCUT2D eigenvalue weighted by atomic mass is 32.2. The van der Waals surface area contributed by atoms with Crippen molar-refractivity contribution in [2.45, 2.75) is 17.2 Å². The molecule has 0 amide bonds. The number of aromatic nitrogens is 4. The lowest BCUT2D eigenvalue weighted by molar-refractivity contribution is 0.300. The van der Waals surface area contributed by atoms with Crippen molar-refractivity contribution in [2.24, 2.45) is 0 Å². The first-order valence-corrected chi connectivity index (χ1v) is 5.30. The number of H-pyrrole nitrogens is 1. The van der Waals surface area contributed by atoms with E-state index in [1.807, 2.05) is 6.92 Å². The Morgan fingerprint density at radius 3 is 3.20 bits per heavy atom. The lowest BCUT2D eigenvalue weighted by Gasteiger charge is -2.05. The molecule has 2 N–H and O–H groups in total. The number of nitrogens with one attached hydrogen (secondary N) is 1. The van der Waals surface area contributed by atoms with Crippen molar-refractivity contribution in [3.63, 3.8) is 0 Å². The highest BCUT2D eigenvalue weighted by Gasteiger charge is 2.06. The summed E-state index contributed by atoms with van der Waals surface area (Å²) in [6, 6.07) is 3.48. The van der Waals surface area contributed by atoms with E-state index >= 15 is 0 Å². The van der Waals surface area contributed by atoms with Gasteiger partial charge in [-0.05, 0) is 12.1 Å². The van der Waals surface area contributed by atoms with Crippen LogP contribution in [-0.4, -0.2) is 36.8 Å². The van der Waals surface area contributed by atoms with Crippen LogP contribution < -0.4 is 5.69 Å². The predicted molar refractivity (Wildman–Crippen MR) is 56.0 cm³/mol. The molecule has 0 aliphatic heterocycles. The molecule has 7 heteroatoms. The molecule has 0 aliphatic carbocycles. The van der Waals surface area contributed by atoms with Crippen molar-refractivity contribution in [2.75, 3.05) is 6.61 Å². The maximum atomic E-state index is 11.2. The van der Waals surface area contributed by atoms with Gasteiger partial charge in [-0.25, -0.2) is 9.89 Å². The molecule has 0 fully saturated rings. The number of rotatable bonds is 3. The average Bonchev–Trinajstić information content (AvgIpc) is 2.60. The number of nitrogens with zero attached hydrogens (tertiary/aromatic N) is 3. The molecule has 1 atom stereocenters. The zero-order valence-electron chi connectivity index (χ0n) is 8.04. The van der Waals surface area contributed by atoms with Crippen LogP contribution in [0.4, 0.5) is 0 Å². The second-order valence-electron chi connectivity index (χ2n) is 3.08. The third-order valence-electron chi connectivity index (χ3n) is 1.83. The van der Waals surface area contributed by atoms with E-state index in [4.69, 9.17) is 5.11 Å². The molecule has 1 unspecified atom stereocenters. The lowest BCUT2D eigenvalue weighted by atomic mass is 10.5. The number of aliphatic hydroxyl groups is 1. The Labute approximate surface area is 89.3 Å². The second kappa shape index (κ2) is 4.03. The van der Waals surface area contributed by atoms with E-state index in [1.165, 1.54) is 16.3 Å². The van der Waals surface area contributed by atoms with Gasteiger partial charge in [-0.2, -0.15) is 14.7 Å². The Balaban J connectivity index is 2.37. The average molecular weight is 226 g/mol. The van der Waals surface area contributed by atoms with Gasteiger partial charge in [0.25, 0.3) is 0 Å². The maximum absolute atomic E-state index is 11.2. The molecule has 15 heavy (non-hydrogen) atoms. The number of fused-ring (bicyclic) bond motifs is 1. The third-order valence-corrected chi connectivity index (χ3v) is 2.84. The van der Waals surface area contributed by atoms with Crippen molar-refractivity contribution >= 4 is 17.4 Å². The fourth-order valence-electron chi connectivity index (χ4n) is 1.09. The van der Waals surface area contributed by atoms with Gasteiger partial charge < -0.3 is 5.11 Å². The number of hydrogen-bond acceptors (Lipinski definition) is 5. The van der Waals surface area contributed by atoms with Gasteiger partial charge >= 0.3 is 5.69 Å². The first-order valence-electron chi connectivity index (χ1n) is 4.42. The molecule has 0 aromatic carbocycles. The highest BCUT2D eigenvalue weighted by molar-refractivity contribution is 7.99. The van der Waals surface area contributed by atoms with Gasteiger partial charge in [0.15, 0.2) is 5.65 Å². The molecule has 0 bridgehead atoms. The smallest absolute Gasteiger partial charge is 0.364 e. The van der Waals surface area contributed by atoms with Crippen LogP contribution in [-0.2, 0) is 0 Å². The first-order chi connectivity index (χ1) is 7.20. The molecule has 2 aromatic rings. The van der Waals surface area contributed by atoms with Crippen molar-refractivity contribution in [1.82, 2.24) is 19.8 Å². The van der Waals surface area contributed by atoms with Crippen LogP contribution in [0.25, 0.3) is 5.65 Å². The molecule has 80 valence electrons. The summed E-state index contributed by atoms with van der Waals surface area (Å²) in [4.78, 5) is 11.2. The Hall–Kier alpha value is -1.34. The number of aliphatic hydroxyl groups excluding tert-OH is 1. The normalized spacial score (nSPS) is 13.2. The minimum Gasteiger partial charge on any atom is -0.395 e. The van der Waals surface area contributed by atoms with Gasteiger partial charge in [-0.1, -0.05) is 18.7 Å². The molecular weight excluding hydrogens is 216 g/mol. The van der Waals surface area contributed by atoms with Crippen LogP contribution in [0, 0.1) is 0 Å². The van der Waals surface area contributed by atoms with Gasteiger partial charge in [0, 0.05) is 5.25 Å². The maximum Gasteiger partial charge on any atom is 0.364 e. The first kappa shape index (κ1) is 10.2. The van der Waals surface area contributed by atoms with Gasteiger partial charge in [-0.3, -0.25) is 0 Å². The summed E-state index contributed by atoms with van der Waals surface area (Å²) >= 11 is 1.41. The minimum atomic E-state index is -0.357. The molecule has 2 heterocycles. The van der Waals surface area contributed by atoms with Gasteiger partial charge in [0.1, 0.15) is 5.03 Å². The molecule has 2 aromatic heterocycles. The number of aromatic amines is 1. The van der Waals surface area contributed by atoms with Crippen molar-refractivity contribution in [1.29, 1.82) is 0 Å².